The molecular formula is C22H21NO3S. The minimum absolute atomic E-state index is 0.220. The number of amides is 1. The molecule has 0 heterocycles. The number of nitrogens with one attached hydrogen (secondary N) is 1. The number of carbonyl (C=O) groups excluding carboxylic acids is 1. The molecule has 1 N–H and O–H groups in total. The Hall–Kier alpha value is -2.92. The minimum atomic E-state index is -0.670. The van der Waals surface area contributed by atoms with Crippen molar-refractivity contribution in [2.45, 2.75) is 22.8 Å². The molecule has 0 saturated heterocycles. The number of rotatable bonds is 7. The molecule has 0 radical (unpaired) electrons. The van der Waals surface area contributed by atoms with E-state index in [9.17, 15) is 4.79 Å². The Morgan fingerprint density at radius 1 is 0.889 bits per heavy atom. The molecule has 138 valence electrons. The van der Waals surface area contributed by atoms with Gasteiger partial charge in [0, 0.05) is 9.79 Å². The zero-order chi connectivity index (χ0) is 19.1. The summed E-state index contributed by atoms with van der Waals surface area (Å²) in [6.07, 6.45) is -0.670. The zero-order valence-electron chi connectivity index (χ0n) is 15.2. The monoisotopic (exact) mass is 379 g/mol. The summed E-state index contributed by atoms with van der Waals surface area (Å²) in [6, 6.07) is 25.0. The lowest BCUT2D eigenvalue weighted by Crippen LogP contribution is -2.30. The fourth-order valence-electron chi connectivity index (χ4n) is 2.47. The number of benzene rings is 3. The van der Waals surface area contributed by atoms with Crippen LogP contribution in [0, 0.1) is 0 Å². The van der Waals surface area contributed by atoms with Gasteiger partial charge < -0.3 is 14.8 Å². The molecular weight excluding hydrogens is 358 g/mol. The molecule has 1 atom stereocenters. The van der Waals surface area contributed by atoms with E-state index in [0.29, 0.717) is 11.5 Å². The van der Waals surface area contributed by atoms with Crippen molar-refractivity contribution < 1.29 is 14.3 Å². The van der Waals surface area contributed by atoms with E-state index in [2.05, 4.69) is 5.32 Å². The van der Waals surface area contributed by atoms with Gasteiger partial charge in [-0.2, -0.15) is 0 Å². The zero-order valence-corrected chi connectivity index (χ0v) is 16.0. The van der Waals surface area contributed by atoms with E-state index in [-0.39, 0.29) is 5.91 Å². The summed E-state index contributed by atoms with van der Waals surface area (Å²) in [5.41, 5.74) is 0.756. The van der Waals surface area contributed by atoms with Crippen LogP contribution in [0.2, 0.25) is 0 Å². The van der Waals surface area contributed by atoms with Gasteiger partial charge in [0.05, 0.1) is 12.8 Å². The van der Waals surface area contributed by atoms with Gasteiger partial charge in [-0.1, -0.05) is 54.2 Å². The van der Waals surface area contributed by atoms with Crippen LogP contribution in [0.25, 0.3) is 0 Å². The minimum Gasteiger partial charge on any atom is -0.493 e. The Balaban J connectivity index is 1.70. The first-order chi connectivity index (χ1) is 13.2. The van der Waals surface area contributed by atoms with Crippen molar-refractivity contribution in [3.05, 3.63) is 78.9 Å². The SMILES string of the molecule is COc1ccccc1O[C@H](C)C(=O)Nc1ccccc1Sc1ccccc1. The third-order valence-corrected chi connectivity index (χ3v) is 4.94. The lowest BCUT2D eigenvalue weighted by Gasteiger charge is -2.17. The van der Waals surface area contributed by atoms with E-state index in [0.717, 1.165) is 15.5 Å². The number of methoxy groups -OCH3 is 1. The van der Waals surface area contributed by atoms with Crippen molar-refractivity contribution in [3.8, 4) is 11.5 Å². The second kappa shape index (κ2) is 9.14. The van der Waals surface area contributed by atoms with E-state index in [1.54, 1.807) is 37.9 Å². The standard InChI is InChI=1S/C22H21NO3S/c1-16(26-20-14-8-7-13-19(20)25-2)22(24)23-18-12-6-9-15-21(18)27-17-10-4-3-5-11-17/h3-16H,1-2H3,(H,23,24)/t16-/m1/s1. The van der Waals surface area contributed by atoms with Crippen molar-refractivity contribution in [2.24, 2.45) is 0 Å². The summed E-state index contributed by atoms with van der Waals surface area (Å²) >= 11 is 1.60. The van der Waals surface area contributed by atoms with E-state index in [1.165, 1.54) is 0 Å². The second-order valence-corrected chi connectivity index (χ2v) is 6.93. The van der Waals surface area contributed by atoms with Crippen LogP contribution in [0.5, 0.6) is 11.5 Å². The Kier molecular flexibility index (Phi) is 6.39. The predicted molar refractivity (Wildman–Crippen MR) is 109 cm³/mol. The molecule has 0 aliphatic heterocycles. The molecule has 0 saturated carbocycles. The average molecular weight is 379 g/mol. The molecule has 0 aliphatic rings. The molecule has 4 nitrogen and oxygen atoms in total. The highest BCUT2D eigenvalue weighted by Gasteiger charge is 2.18. The molecule has 0 bridgehead atoms. The van der Waals surface area contributed by atoms with Crippen molar-refractivity contribution in [1.29, 1.82) is 0 Å². The van der Waals surface area contributed by atoms with Crippen molar-refractivity contribution >= 4 is 23.4 Å². The lowest BCUT2D eigenvalue weighted by atomic mass is 10.3. The van der Waals surface area contributed by atoms with Gasteiger partial charge in [-0.15, -0.1) is 0 Å². The van der Waals surface area contributed by atoms with Crippen molar-refractivity contribution in [2.75, 3.05) is 12.4 Å². The van der Waals surface area contributed by atoms with Gasteiger partial charge >= 0.3 is 0 Å². The topological polar surface area (TPSA) is 47.6 Å². The van der Waals surface area contributed by atoms with Gasteiger partial charge in [0.2, 0.25) is 0 Å². The molecule has 5 heteroatoms. The molecule has 3 aromatic rings. The molecule has 0 unspecified atom stereocenters. The smallest absolute Gasteiger partial charge is 0.265 e. The maximum atomic E-state index is 12.6. The molecule has 0 fully saturated rings. The lowest BCUT2D eigenvalue weighted by molar-refractivity contribution is -0.122. The van der Waals surface area contributed by atoms with Crippen LogP contribution in [-0.4, -0.2) is 19.1 Å². The first-order valence-corrected chi connectivity index (χ1v) is 9.41. The van der Waals surface area contributed by atoms with Crippen LogP contribution in [0.1, 0.15) is 6.92 Å². The van der Waals surface area contributed by atoms with Crippen LogP contribution < -0.4 is 14.8 Å². The first-order valence-electron chi connectivity index (χ1n) is 8.60. The summed E-state index contributed by atoms with van der Waals surface area (Å²) < 4.78 is 11.1. The summed E-state index contributed by atoms with van der Waals surface area (Å²) in [6.45, 7) is 1.72. The average Bonchev–Trinajstić information content (AvgIpc) is 2.70. The summed E-state index contributed by atoms with van der Waals surface area (Å²) in [5, 5.41) is 2.96. The summed E-state index contributed by atoms with van der Waals surface area (Å²) in [7, 11) is 1.57. The van der Waals surface area contributed by atoms with Crippen LogP contribution in [0.15, 0.2) is 88.7 Å². The Bertz CT molecular complexity index is 899. The number of carbonyl (C=O) groups is 1. The molecule has 0 aliphatic carbocycles. The number of hydrogen-bond acceptors (Lipinski definition) is 4. The third-order valence-electron chi connectivity index (χ3n) is 3.86. The van der Waals surface area contributed by atoms with E-state index >= 15 is 0 Å². The number of ether oxygens (including phenoxy) is 2. The normalized spacial score (nSPS) is 11.5. The van der Waals surface area contributed by atoms with Crippen LogP contribution in [0.4, 0.5) is 5.69 Å². The summed E-state index contributed by atoms with van der Waals surface area (Å²) in [5.74, 6) is 0.911. The van der Waals surface area contributed by atoms with Crippen molar-refractivity contribution in [1.82, 2.24) is 0 Å². The Labute approximate surface area is 163 Å². The van der Waals surface area contributed by atoms with Crippen LogP contribution >= 0.6 is 11.8 Å². The maximum Gasteiger partial charge on any atom is 0.265 e. The summed E-state index contributed by atoms with van der Waals surface area (Å²) in [4.78, 5) is 14.7. The second-order valence-electron chi connectivity index (χ2n) is 5.81. The van der Waals surface area contributed by atoms with E-state index < -0.39 is 6.10 Å². The quantitative estimate of drug-likeness (QED) is 0.609. The van der Waals surface area contributed by atoms with Gasteiger partial charge in [-0.3, -0.25) is 4.79 Å². The largest absolute Gasteiger partial charge is 0.493 e. The molecule has 0 aromatic heterocycles. The van der Waals surface area contributed by atoms with Crippen LogP contribution in [0.3, 0.4) is 0 Å². The highest BCUT2D eigenvalue weighted by Crippen LogP contribution is 2.33. The van der Waals surface area contributed by atoms with Crippen molar-refractivity contribution in [3.63, 3.8) is 0 Å². The van der Waals surface area contributed by atoms with Gasteiger partial charge in [0.1, 0.15) is 0 Å². The number of anilines is 1. The Morgan fingerprint density at radius 2 is 1.52 bits per heavy atom. The Morgan fingerprint density at radius 3 is 2.26 bits per heavy atom. The molecule has 3 rings (SSSR count). The van der Waals surface area contributed by atoms with Gasteiger partial charge in [-0.05, 0) is 43.3 Å². The molecule has 0 spiro atoms. The third kappa shape index (κ3) is 5.05. The van der Waals surface area contributed by atoms with E-state index in [4.69, 9.17) is 9.47 Å². The number of hydrogen-bond donors (Lipinski definition) is 1. The molecule has 3 aromatic carbocycles. The fraction of sp³-hybridized carbons (Fsp3) is 0.136. The maximum absolute atomic E-state index is 12.6. The predicted octanol–water partition coefficient (Wildman–Crippen LogP) is 5.25. The fourth-order valence-corrected chi connectivity index (χ4v) is 3.39. The number of para-hydroxylation sites is 3. The van der Waals surface area contributed by atoms with E-state index in [1.807, 2.05) is 66.7 Å². The van der Waals surface area contributed by atoms with Gasteiger partial charge in [0.15, 0.2) is 17.6 Å². The molecule has 1 amide bonds. The van der Waals surface area contributed by atoms with Gasteiger partial charge in [0.25, 0.3) is 5.91 Å². The highest BCUT2D eigenvalue weighted by atomic mass is 32.2. The van der Waals surface area contributed by atoms with Crippen LogP contribution in [-0.2, 0) is 4.79 Å². The molecule has 27 heavy (non-hydrogen) atoms. The van der Waals surface area contributed by atoms with Gasteiger partial charge in [-0.25, -0.2) is 0 Å². The highest BCUT2D eigenvalue weighted by molar-refractivity contribution is 7.99. The first kappa shape index (κ1) is 18.9.